The van der Waals surface area contributed by atoms with Crippen LogP contribution in [0.1, 0.15) is 40.0 Å². The van der Waals surface area contributed by atoms with E-state index in [0.717, 1.165) is 6.42 Å². The van der Waals surface area contributed by atoms with Crippen molar-refractivity contribution in [2.24, 2.45) is 5.41 Å². The molecular weight excluding hydrogens is 238 g/mol. The largest absolute Gasteiger partial charge is 0.312 e. The van der Waals surface area contributed by atoms with Crippen molar-refractivity contribution in [3.8, 4) is 0 Å². The van der Waals surface area contributed by atoms with E-state index in [-0.39, 0.29) is 28.7 Å². The lowest BCUT2D eigenvalue weighted by atomic mass is 9.89. The Hall–Kier alpha value is -0.420. The molecule has 1 atom stereocenters. The maximum absolute atomic E-state index is 11.7. The van der Waals surface area contributed by atoms with Gasteiger partial charge in [0.05, 0.1) is 11.5 Å². The fourth-order valence-corrected chi connectivity index (χ4v) is 3.33. The first-order chi connectivity index (χ1) is 7.68. The average molecular weight is 261 g/mol. The molecule has 1 saturated heterocycles. The molecule has 1 N–H and O–H groups in total. The molecule has 0 aromatic heterocycles. The highest BCUT2D eigenvalue weighted by Gasteiger charge is 2.26. The van der Waals surface area contributed by atoms with E-state index in [1.165, 1.54) is 0 Å². The van der Waals surface area contributed by atoms with Crippen molar-refractivity contribution in [3.63, 3.8) is 0 Å². The summed E-state index contributed by atoms with van der Waals surface area (Å²) in [7, 11) is -2.94. The molecule has 1 aliphatic rings. The molecule has 17 heavy (non-hydrogen) atoms. The van der Waals surface area contributed by atoms with Crippen molar-refractivity contribution >= 4 is 15.6 Å². The molecule has 4 nitrogen and oxygen atoms in total. The molecule has 0 radical (unpaired) electrons. The second-order valence-corrected chi connectivity index (χ2v) is 8.30. The van der Waals surface area contributed by atoms with Crippen LogP contribution in [0.4, 0.5) is 0 Å². The first-order valence-corrected chi connectivity index (χ1v) is 7.96. The van der Waals surface area contributed by atoms with Crippen molar-refractivity contribution in [3.05, 3.63) is 0 Å². The van der Waals surface area contributed by atoms with E-state index in [2.05, 4.69) is 26.1 Å². The van der Waals surface area contributed by atoms with Crippen LogP contribution >= 0.6 is 0 Å². The zero-order chi connectivity index (χ0) is 13.1. The third-order valence-corrected chi connectivity index (χ3v) is 4.67. The van der Waals surface area contributed by atoms with Crippen molar-refractivity contribution in [2.45, 2.75) is 46.1 Å². The van der Waals surface area contributed by atoms with E-state index in [1.54, 1.807) is 0 Å². The molecule has 0 bridgehead atoms. The van der Waals surface area contributed by atoms with Gasteiger partial charge in [-0.15, -0.1) is 0 Å². The number of hydrogen-bond acceptors (Lipinski definition) is 4. The Balaban J connectivity index is 2.36. The lowest BCUT2D eigenvalue weighted by Crippen LogP contribution is -2.46. The summed E-state index contributed by atoms with van der Waals surface area (Å²) in [6.45, 7) is 6.77. The molecule has 0 spiro atoms. The van der Waals surface area contributed by atoms with Gasteiger partial charge in [0.1, 0.15) is 5.78 Å². The predicted octanol–water partition coefficient (Wildman–Crippen LogP) is 1.16. The topological polar surface area (TPSA) is 63.2 Å². The molecule has 5 heteroatoms. The summed E-state index contributed by atoms with van der Waals surface area (Å²) >= 11 is 0. The number of nitrogens with one attached hydrogen (secondary N) is 1. The molecule has 100 valence electrons. The minimum Gasteiger partial charge on any atom is -0.312 e. The summed E-state index contributed by atoms with van der Waals surface area (Å²) in [6.07, 6.45) is 1.74. The molecule has 0 aromatic rings. The standard InChI is InChI=1S/C12H23NO3S/c1-12(2,3)5-4-11(14)8-10-9-17(15,16)7-6-13-10/h10,13H,4-9H2,1-3H3. The first kappa shape index (κ1) is 14.6. The Bertz CT molecular complexity index is 368. The third kappa shape index (κ3) is 6.17. The number of Topliss-reactive ketones (excluding diaryl/α,β-unsaturated/α-hetero) is 1. The second kappa shape index (κ2) is 5.48. The van der Waals surface area contributed by atoms with Crippen LogP contribution < -0.4 is 5.32 Å². The van der Waals surface area contributed by atoms with Crippen LogP contribution in [0.3, 0.4) is 0 Å². The van der Waals surface area contributed by atoms with Gasteiger partial charge in [-0.25, -0.2) is 8.42 Å². The normalized spacial score (nSPS) is 24.5. The zero-order valence-corrected chi connectivity index (χ0v) is 11.8. The number of carbonyl (C=O) groups excluding carboxylic acids is 1. The lowest BCUT2D eigenvalue weighted by Gasteiger charge is -2.23. The fraction of sp³-hybridized carbons (Fsp3) is 0.917. The zero-order valence-electron chi connectivity index (χ0n) is 11.0. The van der Waals surface area contributed by atoms with Crippen LogP contribution in [0, 0.1) is 5.41 Å². The maximum Gasteiger partial charge on any atom is 0.153 e. The predicted molar refractivity (Wildman–Crippen MR) is 68.8 cm³/mol. The van der Waals surface area contributed by atoms with Crippen LogP contribution in [0.2, 0.25) is 0 Å². The van der Waals surface area contributed by atoms with E-state index in [9.17, 15) is 13.2 Å². The summed E-state index contributed by atoms with van der Waals surface area (Å²) in [4.78, 5) is 11.7. The highest BCUT2D eigenvalue weighted by atomic mass is 32.2. The van der Waals surface area contributed by atoms with Crippen LogP contribution in [0.5, 0.6) is 0 Å². The Kier molecular flexibility index (Phi) is 4.72. The SMILES string of the molecule is CC(C)(C)CCC(=O)CC1CS(=O)(=O)CCN1. The van der Waals surface area contributed by atoms with E-state index < -0.39 is 9.84 Å². The molecule has 1 aliphatic heterocycles. The molecule has 0 aliphatic carbocycles. The van der Waals surface area contributed by atoms with Crippen LogP contribution in [0.25, 0.3) is 0 Å². The summed E-state index contributed by atoms with van der Waals surface area (Å²) in [5.74, 6) is 0.461. The number of sulfone groups is 1. The lowest BCUT2D eigenvalue weighted by molar-refractivity contribution is -0.119. The Morgan fingerprint density at radius 2 is 2.00 bits per heavy atom. The molecule has 0 saturated carbocycles. The van der Waals surface area contributed by atoms with Gasteiger partial charge < -0.3 is 5.32 Å². The van der Waals surface area contributed by atoms with E-state index in [1.807, 2.05) is 0 Å². The third-order valence-electron chi connectivity index (χ3n) is 2.93. The van der Waals surface area contributed by atoms with Gasteiger partial charge in [0, 0.05) is 25.4 Å². The summed E-state index contributed by atoms with van der Waals surface area (Å²) in [6, 6.07) is -0.179. The molecular formula is C12H23NO3S. The van der Waals surface area contributed by atoms with Gasteiger partial charge >= 0.3 is 0 Å². The van der Waals surface area contributed by atoms with E-state index in [4.69, 9.17) is 0 Å². The highest BCUT2D eigenvalue weighted by molar-refractivity contribution is 7.91. The van der Waals surface area contributed by atoms with Gasteiger partial charge in [-0.05, 0) is 11.8 Å². The quantitative estimate of drug-likeness (QED) is 0.825. The van der Waals surface area contributed by atoms with Crippen LogP contribution in [-0.2, 0) is 14.6 Å². The van der Waals surface area contributed by atoms with Gasteiger partial charge in [0.2, 0.25) is 0 Å². The van der Waals surface area contributed by atoms with Gasteiger partial charge in [-0.3, -0.25) is 4.79 Å². The second-order valence-electron chi connectivity index (χ2n) is 6.07. The Labute approximate surface area is 104 Å². The van der Waals surface area contributed by atoms with Crippen molar-refractivity contribution in [1.29, 1.82) is 0 Å². The van der Waals surface area contributed by atoms with Crippen LogP contribution in [-0.4, -0.2) is 38.3 Å². The Morgan fingerprint density at radius 3 is 2.53 bits per heavy atom. The molecule has 0 amide bonds. The maximum atomic E-state index is 11.7. The highest BCUT2D eigenvalue weighted by Crippen LogP contribution is 2.21. The summed E-state index contributed by atoms with van der Waals surface area (Å²) in [5, 5.41) is 3.10. The average Bonchev–Trinajstić information content (AvgIpc) is 2.12. The minimum absolute atomic E-state index is 0.105. The van der Waals surface area contributed by atoms with Crippen LogP contribution in [0.15, 0.2) is 0 Å². The molecule has 1 heterocycles. The van der Waals surface area contributed by atoms with E-state index in [0.29, 0.717) is 19.4 Å². The van der Waals surface area contributed by atoms with Gasteiger partial charge in [-0.2, -0.15) is 0 Å². The number of ketones is 1. The van der Waals surface area contributed by atoms with E-state index >= 15 is 0 Å². The van der Waals surface area contributed by atoms with Gasteiger partial charge in [0.15, 0.2) is 9.84 Å². The summed E-state index contributed by atoms with van der Waals surface area (Å²) < 4.78 is 22.8. The smallest absolute Gasteiger partial charge is 0.153 e. The van der Waals surface area contributed by atoms with Crippen molar-refractivity contribution < 1.29 is 13.2 Å². The minimum atomic E-state index is -2.94. The Morgan fingerprint density at radius 1 is 1.35 bits per heavy atom. The first-order valence-electron chi connectivity index (χ1n) is 6.13. The molecule has 1 fully saturated rings. The number of hydrogen-bond donors (Lipinski definition) is 1. The number of carbonyl (C=O) groups is 1. The molecule has 0 aromatic carbocycles. The van der Waals surface area contributed by atoms with Gasteiger partial charge in [0.25, 0.3) is 0 Å². The van der Waals surface area contributed by atoms with Crippen molar-refractivity contribution in [2.75, 3.05) is 18.1 Å². The summed E-state index contributed by atoms with van der Waals surface area (Å²) in [5.41, 5.74) is 0.154. The van der Waals surface area contributed by atoms with Gasteiger partial charge in [-0.1, -0.05) is 20.8 Å². The monoisotopic (exact) mass is 261 g/mol. The number of rotatable bonds is 4. The molecule has 1 unspecified atom stereocenters. The fourth-order valence-electron chi connectivity index (χ4n) is 1.89. The molecule has 1 rings (SSSR count). The van der Waals surface area contributed by atoms with Crippen molar-refractivity contribution in [1.82, 2.24) is 5.32 Å².